The van der Waals surface area contributed by atoms with Crippen molar-refractivity contribution in [1.82, 2.24) is 0 Å². The minimum Gasteiger partial charge on any atom is -0.456 e. The van der Waals surface area contributed by atoms with Crippen LogP contribution in [0.1, 0.15) is 0 Å². The van der Waals surface area contributed by atoms with Gasteiger partial charge >= 0.3 is 0 Å². The van der Waals surface area contributed by atoms with Crippen LogP contribution in [0.5, 0.6) is 0 Å². The van der Waals surface area contributed by atoms with Crippen LogP contribution in [-0.4, -0.2) is 0 Å². The van der Waals surface area contributed by atoms with E-state index < -0.39 is 0 Å². The fourth-order valence-electron chi connectivity index (χ4n) is 5.29. The highest BCUT2D eigenvalue weighted by molar-refractivity contribution is 6.30. The number of halogens is 1. The van der Waals surface area contributed by atoms with E-state index >= 15 is 0 Å². The minimum atomic E-state index is 0.738. The lowest BCUT2D eigenvalue weighted by molar-refractivity contribution is 0.669. The lowest BCUT2D eigenvalue weighted by Gasteiger charge is -2.17. The van der Waals surface area contributed by atoms with Gasteiger partial charge in [-0.25, -0.2) is 0 Å². The Balaban J connectivity index is 1.52. The summed E-state index contributed by atoms with van der Waals surface area (Å²) in [4.78, 5) is 0. The summed E-state index contributed by atoms with van der Waals surface area (Å²) in [6, 6.07) is 44.5. The molecular weight excluding hydrogens is 460 g/mol. The summed E-state index contributed by atoms with van der Waals surface area (Å²) in [6.45, 7) is 0. The first-order valence-corrected chi connectivity index (χ1v) is 12.4. The molecule has 0 aliphatic carbocycles. The molecule has 0 spiro atoms. The molecule has 170 valence electrons. The lowest BCUT2D eigenvalue weighted by Crippen LogP contribution is -1.91. The maximum atomic E-state index is 6.26. The predicted octanol–water partition coefficient (Wildman–Crippen LogP) is 10.4. The number of furan rings is 1. The van der Waals surface area contributed by atoms with Gasteiger partial charge < -0.3 is 4.42 Å². The molecule has 0 aliphatic rings. The maximum Gasteiger partial charge on any atom is 0.136 e. The Hall–Kier alpha value is -4.33. The van der Waals surface area contributed by atoms with Gasteiger partial charge in [0, 0.05) is 15.8 Å². The average molecular weight is 481 g/mol. The van der Waals surface area contributed by atoms with Crippen molar-refractivity contribution in [1.29, 1.82) is 0 Å². The fourth-order valence-corrected chi connectivity index (χ4v) is 5.41. The lowest BCUT2D eigenvalue weighted by atomic mass is 9.86. The molecule has 0 saturated carbocycles. The zero-order valence-corrected chi connectivity index (χ0v) is 20.2. The molecule has 7 aromatic rings. The summed E-state index contributed by atoms with van der Waals surface area (Å²) in [6.07, 6.45) is 0. The number of hydrogen-bond acceptors (Lipinski definition) is 1. The van der Waals surface area contributed by atoms with Gasteiger partial charge in [0.2, 0.25) is 0 Å². The quantitative estimate of drug-likeness (QED) is 0.245. The molecule has 2 heteroatoms. The zero-order chi connectivity index (χ0) is 24.1. The van der Waals surface area contributed by atoms with Crippen LogP contribution in [0, 0.1) is 0 Å². The summed E-state index contributed by atoms with van der Waals surface area (Å²) in [5.41, 5.74) is 8.85. The van der Waals surface area contributed by atoms with E-state index in [2.05, 4.69) is 103 Å². The Labute approximate surface area is 214 Å². The monoisotopic (exact) mass is 480 g/mol. The van der Waals surface area contributed by atoms with E-state index in [4.69, 9.17) is 16.0 Å². The van der Waals surface area contributed by atoms with Gasteiger partial charge in [-0.2, -0.15) is 0 Å². The topological polar surface area (TPSA) is 13.1 Å². The summed E-state index contributed by atoms with van der Waals surface area (Å²) < 4.78 is 6.26. The highest BCUT2D eigenvalue weighted by Crippen LogP contribution is 2.43. The number of fused-ring (bicyclic) bond motifs is 4. The van der Waals surface area contributed by atoms with Crippen LogP contribution >= 0.6 is 11.6 Å². The van der Waals surface area contributed by atoms with Crippen LogP contribution in [0.4, 0.5) is 0 Å². The number of hydrogen-bond donors (Lipinski definition) is 0. The van der Waals surface area contributed by atoms with Gasteiger partial charge in [-0.15, -0.1) is 0 Å². The van der Waals surface area contributed by atoms with Gasteiger partial charge in [0.1, 0.15) is 11.2 Å². The summed E-state index contributed by atoms with van der Waals surface area (Å²) in [7, 11) is 0. The first-order valence-electron chi connectivity index (χ1n) is 12.0. The third-order valence-corrected chi connectivity index (χ3v) is 7.22. The van der Waals surface area contributed by atoms with Crippen LogP contribution in [0.15, 0.2) is 132 Å². The van der Waals surface area contributed by atoms with Crippen molar-refractivity contribution in [2.24, 2.45) is 0 Å². The van der Waals surface area contributed by atoms with Crippen LogP contribution in [0.3, 0.4) is 0 Å². The molecule has 0 aliphatic heterocycles. The molecule has 0 fully saturated rings. The molecule has 1 aromatic heterocycles. The molecule has 0 amide bonds. The van der Waals surface area contributed by atoms with Crippen LogP contribution < -0.4 is 0 Å². The van der Waals surface area contributed by atoms with Gasteiger partial charge in [0.15, 0.2) is 0 Å². The molecule has 0 atom stereocenters. The first kappa shape index (κ1) is 21.0. The first-order chi connectivity index (χ1) is 17.8. The van der Waals surface area contributed by atoms with Crippen molar-refractivity contribution >= 4 is 44.3 Å². The zero-order valence-electron chi connectivity index (χ0n) is 19.4. The van der Waals surface area contributed by atoms with Crippen molar-refractivity contribution in [3.05, 3.63) is 132 Å². The van der Waals surface area contributed by atoms with Crippen molar-refractivity contribution in [3.63, 3.8) is 0 Å². The Morgan fingerprint density at radius 1 is 0.444 bits per heavy atom. The fraction of sp³-hybridized carbons (Fsp3) is 0. The third kappa shape index (κ3) is 3.40. The highest BCUT2D eigenvalue weighted by atomic mass is 35.5. The van der Waals surface area contributed by atoms with Gasteiger partial charge in [-0.05, 0) is 74.5 Å². The molecule has 0 radical (unpaired) electrons. The Bertz CT molecular complexity index is 1890. The van der Waals surface area contributed by atoms with Crippen LogP contribution in [-0.2, 0) is 0 Å². The van der Waals surface area contributed by atoms with E-state index in [1.165, 1.54) is 33.0 Å². The molecule has 0 N–H and O–H groups in total. The van der Waals surface area contributed by atoms with E-state index in [0.717, 1.165) is 38.1 Å². The van der Waals surface area contributed by atoms with Gasteiger partial charge in [0.05, 0.1) is 0 Å². The average Bonchev–Trinajstić information content (AvgIpc) is 3.31. The summed E-state index contributed by atoms with van der Waals surface area (Å²) in [5.74, 6) is 0. The van der Waals surface area contributed by atoms with Crippen molar-refractivity contribution in [2.75, 3.05) is 0 Å². The number of rotatable bonds is 3. The van der Waals surface area contributed by atoms with E-state index in [0.29, 0.717) is 0 Å². The van der Waals surface area contributed by atoms with Crippen LogP contribution in [0.2, 0.25) is 5.02 Å². The molecule has 36 heavy (non-hydrogen) atoms. The van der Waals surface area contributed by atoms with Crippen molar-refractivity contribution in [3.8, 4) is 33.4 Å². The molecule has 1 nitrogen and oxygen atoms in total. The summed E-state index contributed by atoms with van der Waals surface area (Å²) >= 11 is 6.19. The van der Waals surface area contributed by atoms with E-state index in [9.17, 15) is 0 Å². The van der Waals surface area contributed by atoms with Crippen molar-refractivity contribution < 1.29 is 4.42 Å². The minimum absolute atomic E-state index is 0.738. The second-order valence-electron chi connectivity index (χ2n) is 9.07. The van der Waals surface area contributed by atoms with Gasteiger partial charge in [-0.3, -0.25) is 0 Å². The molecule has 7 rings (SSSR count). The molecule has 0 saturated heterocycles. The summed E-state index contributed by atoms with van der Waals surface area (Å²) in [5, 5.41) is 5.45. The van der Waals surface area contributed by atoms with Gasteiger partial charge in [-0.1, -0.05) is 109 Å². The standard InChI is InChI=1S/C34H21ClO/c35-25-17-13-23(14-18-25)26-8-3-4-10-28(26)31-20-15-22-7-1-2-9-27(22)34(31)24-16-19-30-29-11-5-6-12-32(29)36-33(30)21-24/h1-21H. The smallest absolute Gasteiger partial charge is 0.136 e. The molecule has 0 unspecified atom stereocenters. The second-order valence-corrected chi connectivity index (χ2v) is 9.51. The van der Waals surface area contributed by atoms with Gasteiger partial charge in [0.25, 0.3) is 0 Å². The Morgan fingerprint density at radius 3 is 1.97 bits per heavy atom. The van der Waals surface area contributed by atoms with Crippen LogP contribution in [0.25, 0.3) is 66.1 Å². The largest absolute Gasteiger partial charge is 0.456 e. The predicted molar refractivity (Wildman–Crippen MR) is 153 cm³/mol. The van der Waals surface area contributed by atoms with E-state index in [-0.39, 0.29) is 0 Å². The molecule has 1 heterocycles. The molecule has 6 aromatic carbocycles. The number of para-hydroxylation sites is 1. The SMILES string of the molecule is Clc1ccc(-c2ccccc2-c2ccc3ccccc3c2-c2ccc3c(c2)oc2ccccc23)cc1. The van der Waals surface area contributed by atoms with E-state index in [1.54, 1.807) is 0 Å². The highest BCUT2D eigenvalue weighted by Gasteiger charge is 2.17. The normalized spacial score (nSPS) is 11.5. The maximum absolute atomic E-state index is 6.26. The number of benzene rings is 6. The van der Waals surface area contributed by atoms with Crippen molar-refractivity contribution in [2.45, 2.75) is 0 Å². The second kappa shape index (κ2) is 8.41. The Morgan fingerprint density at radius 2 is 1.11 bits per heavy atom. The Kier molecular flexibility index (Phi) is 4.90. The van der Waals surface area contributed by atoms with E-state index in [1.807, 2.05) is 24.3 Å². The molecule has 0 bridgehead atoms. The molecular formula is C34H21ClO. The third-order valence-electron chi connectivity index (χ3n) is 6.97.